The van der Waals surface area contributed by atoms with Crippen molar-refractivity contribution >= 4 is 5.91 Å². The van der Waals surface area contributed by atoms with Gasteiger partial charge < -0.3 is 10.6 Å². The SMILES string of the molecule is CC(C)(CCc1ccccc1)NC(=O)c1ccc2c(c1)CNC2. The lowest BCUT2D eigenvalue weighted by Crippen LogP contribution is -2.43. The number of rotatable bonds is 5. The van der Waals surface area contributed by atoms with E-state index < -0.39 is 0 Å². The molecule has 2 N–H and O–H groups in total. The maximum Gasteiger partial charge on any atom is 0.251 e. The van der Waals surface area contributed by atoms with Gasteiger partial charge in [-0.05, 0) is 55.5 Å². The van der Waals surface area contributed by atoms with Gasteiger partial charge in [0.2, 0.25) is 0 Å². The Morgan fingerprint density at radius 3 is 2.61 bits per heavy atom. The van der Waals surface area contributed by atoms with Crippen LogP contribution >= 0.6 is 0 Å². The number of fused-ring (bicyclic) bond motifs is 1. The molecule has 0 fully saturated rings. The topological polar surface area (TPSA) is 41.1 Å². The van der Waals surface area contributed by atoms with Crippen molar-refractivity contribution in [3.8, 4) is 0 Å². The smallest absolute Gasteiger partial charge is 0.251 e. The van der Waals surface area contributed by atoms with Crippen LogP contribution in [-0.4, -0.2) is 11.4 Å². The van der Waals surface area contributed by atoms with Crippen LogP contribution in [0.2, 0.25) is 0 Å². The summed E-state index contributed by atoms with van der Waals surface area (Å²) in [7, 11) is 0. The molecule has 0 saturated carbocycles. The van der Waals surface area contributed by atoms with Crippen molar-refractivity contribution < 1.29 is 4.79 Å². The fourth-order valence-corrected chi connectivity index (χ4v) is 2.98. The number of nitrogens with one attached hydrogen (secondary N) is 2. The molecule has 0 saturated heterocycles. The van der Waals surface area contributed by atoms with E-state index in [0.717, 1.165) is 31.5 Å². The van der Waals surface area contributed by atoms with Crippen molar-refractivity contribution in [2.45, 2.75) is 45.3 Å². The number of amides is 1. The summed E-state index contributed by atoms with van der Waals surface area (Å²) in [6.07, 6.45) is 1.87. The summed E-state index contributed by atoms with van der Waals surface area (Å²) in [5.41, 5.74) is 4.35. The molecule has 0 aromatic heterocycles. The first kappa shape index (κ1) is 15.8. The zero-order valence-corrected chi connectivity index (χ0v) is 13.9. The van der Waals surface area contributed by atoms with Crippen molar-refractivity contribution in [1.82, 2.24) is 10.6 Å². The van der Waals surface area contributed by atoms with Gasteiger partial charge in [0.25, 0.3) is 5.91 Å². The third-order valence-electron chi connectivity index (χ3n) is 4.43. The van der Waals surface area contributed by atoms with Crippen molar-refractivity contribution in [3.63, 3.8) is 0 Å². The van der Waals surface area contributed by atoms with E-state index >= 15 is 0 Å². The van der Waals surface area contributed by atoms with E-state index in [1.54, 1.807) is 0 Å². The summed E-state index contributed by atoms with van der Waals surface area (Å²) >= 11 is 0. The van der Waals surface area contributed by atoms with Crippen molar-refractivity contribution in [2.24, 2.45) is 0 Å². The molecular weight excluding hydrogens is 284 g/mol. The molecule has 2 aromatic carbocycles. The van der Waals surface area contributed by atoms with Gasteiger partial charge in [-0.2, -0.15) is 0 Å². The second-order valence-electron chi connectivity index (χ2n) is 6.91. The number of aryl methyl sites for hydroxylation is 1. The van der Waals surface area contributed by atoms with Crippen LogP contribution in [0.3, 0.4) is 0 Å². The van der Waals surface area contributed by atoms with Gasteiger partial charge in [-0.15, -0.1) is 0 Å². The molecule has 3 heteroatoms. The number of carbonyl (C=O) groups is 1. The van der Waals surface area contributed by atoms with Gasteiger partial charge in [0.05, 0.1) is 0 Å². The number of carbonyl (C=O) groups excluding carboxylic acids is 1. The van der Waals surface area contributed by atoms with Crippen LogP contribution in [0.5, 0.6) is 0 Å². The fourth-order valence-electron chi connectivity index (χ4n) is 2.98. The van der Waals surface area contributed by atoms with E-state index in [-0.39, 0.29) is 11.4 Å². The first-order valence-corrected chi connectivity index (χ1v) is 8.22. The maximum absolute atomic E-state index is 12.5. The quantitative estimate of drug-likeness (QED) is 0.888. The molecule has 0 spiro atoms. The summed E-state index contributed by atoms with van der Waals surface area (Å²) < 4.78 is 0. The highest BCUT2D eigenvalue weighted by molar-refractivity contribution is 5.95. The van der Waals surface area contributed by atoms with E-state index in [9.17, 15) is 4.79 Å². The summed E-state index contributed by atoms with van der Waals surface area (Å²) in [6.45, 7) is 5.93. The Bertz CT molecular complexity index is 692. The molecule has 3 nitrogen and oxygen atoms in total. The second-order valence-corrected chi connectivity index (χ2v) is 6.91. The second kappa shape index (κ2) is 6.55. The number of hydrogen-bond acceptors (Lipinski definition) is 2. The number of benzene rings is 2. The molecule has 0 radical (unpaired) electrons. The van der Waals surface area contributed by atoms with E-state index in [1.807, 2.05) is 18.2 Å². The Balaban J connectivity index is 1.61. The van der Waals surface area contributed by atoms with Gasteiger partial charge in [0.15, 0.2) is 0 Å². The van der Waals surface area contributed by atoms with Crippen molar-refractivity contribution in [2.75, 3.05) is 0 Å². The molecule has 2 aromatic rings. The molecule has 0 aliphatic carbocycles. The maximum atomic E-state index is 12.5. The monoisotopic (exact) mass is 308 g/mol. The van der Waals surface area contributed by atoms with Gasteiger partial charge in [0, 0.05) is 24.2 Å². The summed E-state index contributed by atoms with van der Waals surface area (Å²) in [6, 6.07) is 16.4. The van der Waals surface area contributed by atoms with Crippen molar-refractivity contribution in [1.29, 1.82) is 0 Å². The largest absolute Gasteiger partial charge is 0.347 e. The Kier molecular flexibility index (Phi) is 4.49. The highest BCUT2D eigenvalue weighted by atomic mass is 16.1. The van der Waals surface area contributed by atoms with E-state index in [2.05, 4.69) is 54.8 Å². The average molecular weight is 308 g/mol. The zero-order chi connectivity index (χ0) is 16.3. The molecule has 23 heavy (non-hydrogen) atoms. The highest BCUT2D eigenvalue weighted by Crippen LogP contribution is 2.19. The molecule has 3 rings (SSSR count). The fraction of sp³-hybridized carbons (Fsp3) is 0.350. The molecular formula is C20H24N2O. The third kappa shape index (κ3) is 3.99. The van der Waals surface area contributed by atoms with Gasteiger partial charge >= 0.3 is 0 Å². The molecule has 1 aliphatic heterocycles. The molecule has 1 amide bonds. The summed E-state index contributed by atoms with van der Waals surface area (Å²) in [4.78, 5) is 12.5. The Hall–Kier alpha value is -2.13. The number of hydrogen-bond donors (Lipinski definition) is 2. The van der Waals surface area contributed by atoms with Crippen molar-refractivity contribution in [3.05, 3.63) is 70.8 Å². The third-order valence-corrected chi connectivity index (χ3v) is 4.43. The van der Waals surface area contributed by atoms with Gasteiger partial charge in [-0.25, -0.2) is 0 Å². The van der Waals surface area contributed by atoms with E-state index in [4.69, 9.17) is 0 Å². The molecule has 0 bridgehead atoms. The highest BCUT2D eigenvalue weighted by Gasteiger charge is 2.22. The van der Waals surface area contributed by atoms with Crippen LogP contribution in [0.1, 0.15) is 47.3 Å². The minimum atomic E-state index is -0.232. The molecule has 1 heterocycles. The first-order chi connectivity index (χ1) is 11.0. The van der Waals surface area contributed by atoms with Gasteiger partial charge in [0.1, 0.15) is 0 Å². The summed E-state index contributed by atoms with van der Waals surface area (Å²) in [5.74, 6) is 0.0118. The lowest BCUT2D eigenvalue weighted by Gasteiger charge is -2.26. The van der Waals surface area contributed by atoms with Crippen LogP contribution < -0.4 is 10.6 Å². The van der Waals surface area contributed by atoms with E-state index in [0.29, 0.717) is 0 Å². The first-order valence-electron chi connectivity index (χ1n) is 8.22. The minimum Gasteiger partial charge on any atom is -0.347 e. The standard InChI is InChI=1S/C20H24N2O/c1-20(2,11-10-15-6-4-3-5-7-15)22-19(23)16-8-9-17-13-21-14-18(17)12-16/h3-9,12,21H,10-11,13-14H2,1-2H3,(H,22,23). The van der Waals surface area contributed by atoms with Crippen LogP contribution in [0, 0.1) is 0 Å². The van der Waals surface area contributed by atoms with Crippen LogP contribution in [0.4, 0.5) is 0 Å². The lowest BCUT2D eigenvalue weighted by molar-refractivity contribution is 0.0909. The zero-order valence-electron chi connectivity index (χ0n) is 13.9. The Morgan fingerprint density at radius 1 is 1.09 bits per heavy atom. The minimum absolute atomic E-state index is 0.0118. The molecule has 1 aliphatic rings. The predicted octanol–water partition coefficient (Wildman–Crippen LogP) is 3.43. The van der Waals surface area contributed by atoms with Crippen LogP contribution in [0.15, 0.2) is 48.5 Å². The van der Waals surface area contributed by atoms with Crippen LogP contribution in [0.25, 0.3) is 0 Å². The lowest BCUT2D eigenvalue weighted by atomic mass is 9.94. The van der Waals surface area contributed by atoms with E-state index in [1.165, 1.54) is 16.7 Å². The molecule has 120 valence electrons. The Labute approximate surface area is 138 Å². The normalized spacial score (nSPS) is 13.7. The molecule has 0 unspecified atom stereocenters. The Morgan fingerprint density at radius 2 is 1.83 bits per heavy atom. The van der Waals surface area contributed by atoms with Gasteiger partial charge in [-0.3, -0.25) is 4.79 Å². The molecule has 0 atom stereocenters. The van der Waals surface area contributed by atoms with Gasteiger partial charge in [-0.1, -0.05) is 36.4 Å². The summed E-state index contributed by atoms with van der Waals surface area (Å²) in [5, 5.41) is 6.48. The average Bonchev–Trinajstić information content (AvgIpc) is 3.01. The predicted molar refractivity (Wildman–Crippen MR) is 93.3 cm³/mol. The van der Waals surface area contributed by atoms with Crippen LogP contribution in [-0.2, 0) is 19.5 Å².